The van der Waals surface area contributed by atoms with Crippen LogP contribution in [0.25, 0.3) is 21.8 Å². The van der Waals surface area contributed by atoms with Gasteiger partial charge in [0.2, 0.25) is 15.9 Å². The Morgan fingerprint density at radius 3 is 2.63 bits per heavy atom. The highest BCUT2D eigenvalue weighted by atomic mass is 32.2. The number of hydrogen-bond donors (Lipinski definition) is 2. The third-order valence-corrected chi connectivity index (χ3v) is 9.80. The van der Waals surface area contributed by atoms with Crippen LogP contribution in [0.2, 0.25) is 0 Å². The summed E-state index contributed by atoms with van der Waals surface area (Å²) in [5.74, 6) is 0.470. The highest BCUT2D eigenvalue weighted by Gasteiger charge is 2.27. The van der Waals surface area contributed by atoms with Gasteiger partial charge in [0, 0.05) is 73.0 Å². The molecule has 1 unspecified atom stereocenters. The lowest BCUT2D eigenvalue weighted by molar-refractivity contribution is -0.118. The number of sulfonamides is 1. The highest BCUT2D eigenvalue weighted by Crippen LogP contribution is 2.28. The van der Waals surface area contributed by atoms with E-state index in [1.54, 1.807) is 22.5 Å². The van der Waals surface area contributed by atoms with Crippen LogP contribution in [0.3, 0.4) is 0 Å². The van der Waals surface area contributed by atoms with Crippen molar-refractivity contribution in [2.24, 2.45) is 5.92 Å². The smallest absolute Gasteiger partial charge is 0.247 e. The molecule has 0 saturated carbocycles. The molecule has 2 aliphatic rings. The van der Waals surface area contributed by atoms with Gasteiger partial charge in [0.05, 0.1) is 10.4 Å². The summed E-state index contributed by atoms with van der Waals surface area (Å²) in [4.78, 5) is 13.6. The lowest BCUT2D eigenvalue weighted by Crippen LogP contribution is -2.44. The van der Waals surface area contributed by atoms with E-state index in [-0.39, 0.29) is 5.91 Å². The van der Waals surface area contributed by atoms with Gasteiger partial charge in [-0.2, -0.15) is 9.40 Å². The number of aryl methyl sites for hydroxylation is 1. The summed E-state index contributed by atoms with van der Waals surface area (Å²) in [6, 6.07) is 10.6. The number of nitrogens with zero attached hydrogens (tertiary/aromatic N) is 4. The van der Waals surface area contributed by atoms with Crippen molar-refractivity contribution in [3.8, 4) is 0 Å². The van der Waals surface area contributed by atoms with E-state index in [1.165, 1.54) is 0 Å². The van der Waals surface area contributed by atoms with Crippen molar-refractivity contribution in [3.05, 3.63) is 54.4 Å². The predicted octanol–water partition coefficient (Wildman–Crippen LogP) is 3.89. The van der Waals surface area contributed by atoms with Crippen molar-refractivity contribution >= 4 is 43.4 Å². The van der Waals surface area contributed by atoms with E-state index in [0.717, 1.165) is 72.0 Å². The second-order valence-corrected chi connectivity index (χ2v) is 12.6. The first-order valence-corrected chi connectivity index (χ1v) is 14.8. The van der Waals surface area contributed by atoms with Crippen molar-refractivity contribution in [2.75, 3.05) is 31.5 Å². The average molecular weight is 535 g/mol. The minimum Gasteiger partial charge on any atom is -0.335 e. The molecule has 9 nitrogen and oxygen atoms in total. The van der Waals surface area contributed by atoms with Crippen LogP contribution < -0.4 is 10.6 Å². The van der Waals surface area contributed by atoms with Crippen LogP contribution in [-0.4, -0.2) is 59.2 Å². The Balaban J connectivity index is 1.20. The fourth-order valence-electron chi connectivity index (χ4n) is 5.47. The van der Waals surface area contributed by atoms with Crippen molar-refractivity contribution < 1.29 is 13.2 Å². The van der Waals surface area contributed by atoms with Gasteiger partial charge in [-0.1, -0.05) is 6.42 Å². The summed E-state index contributed by atoms with van der Waals surface area (Å²) in [7, 11) is -3.51. The van der Waals surface area contributed by atoms with Gasteiger partial charge < -0.3 is 15.2 Å². The molecule has 2 aromatic carbocycles. The Labute approximate surface area is 222 Å². The molecule has 0 bridgehead atoms. The molecule has 2 fully saturated rings. The third-order valence-electron chi connectivity index (χ3n) is 7.91. The lowest BCUT2D eigenvalue weighted by Gasteiger charge is -2.26. The number of piperidine rings is 1. The maximum atomic E-state index is 13.3. The van der Waals surface area contributed by atoms with E-state index in [1.807, 2.05) is 41.4 Å². The van der Waals surface area contributed by atoms with Gasteiger partial charge >= 0.3 is 0 Å². The molecule has 0 spiro atoms. The van der Waals surface area contributed by atoms with E-state index in [9.17, 15) is 13.2 Å². The van der Waals surface area contributed by atoms with Gasteiger partial charge in [0.25, 0.3) is 0 Å². The average Bonchev–Trinajstić information content (AvgIpc) is 3.49. The molecule has 2 aromatic heterocycles. The zero-order valence-electron chi connectivity index (χ0n) is 21.9. The summed E-state index contributed by atoms with van der Waals surface area (Å²) < 4.78 is 31.7. The van der Waals surface area contributed by atoms with E-state index in [4.69, 9.17) is 5.10 Å². The molecule has 6 rings (SSSR count). The molecule has 4 aromatic rings. The Bertz CT molecular complexity index is 1610. The normalized spacial score (nSPS) is 18.1. The Morgan fingerprint density at radius 2 is 1.89 bits per heavy atom. The first-order chi connectivity index (χ1) is 18.3. The largest absolute Gasteiger partial charge is 0.335 e. The number of nitrogens with one attached hydrogen (secondary N) is 2. The second-order valence-electron chi connectivity index (χ2n) is 10.7. The van der Waals surface area contributed by atoms with Gasteiger partial charge in [0.1, 0.15) is 6.04 Å². The molecule has 1 amide bonds. The number of amides is 1. The van der Waals surface area contributed by atoms with Gasteiger partial charge in [-0.25, -0.2) is 8.42 Å². The maximum absolute atomic E-state index is 13.3. The van der Waals surface area contributed by atoms with Crippen molar-refractivity contribution in [1.29, 1.82) is 0 Å². The predicted molar refractivity (Wildman–Crippen MR) is 149 cm³/mol. The molecule has 10 heteroatoms. The molecule has 2 N–H and O–H groups in total. The van der Waals surface area contributed by atoms with Crippen LogP contribution in [0.1, 0.15) is 37.8 Å². The fourth-order valence-corrected chi connectivity index (χ4v) is 7.02. The van der Waals surface area contributed by atoms with E-state index in [2.05, 4.69) is 22.9 Å². The zero-order chi connectivity index (χ0) is 26.4. The zero-order valence-corrected chi connectivity index (χ0v) is 22.7. The number of rotatable bonds is 7. The van der Waals surface area contributed by atoms with Crippen LogP contribution in [0.5, 0.6) is 0 Å². The van der Waals surface area contributed by atoms with Crippen LogP contribution in [-0.2, 0) is 21.4 Å². The second kappa shape index (κ2) is 9.83. The molecular formula is C28H34N6O3S. The fraction of sp³-hybridized carbons (Fsp3) is 0.429. The van der Waals surface area contributed by atoms with E-state index in [0.29, 0.717) is 23.9 Å². The highest BCUT2D eigenvalue weighted by molar-refractivity contribution is 7.89. The van der Waals surface area contributed by atoms with Crippen LogP contribution in [0, 0.1) is 12.8 Å². The minimum atomic E-state index is -3.51. The number of fused-ring (bicyclic) bond motifs is 2. The number of carbonyl (C=O) groups excluding carboxylic acids is 1. The maximum Gasteiger partial charge on any atom is 0.247 e. The molecular weight excluding hydrogens is 500 g/mol. The molecule has 38 heavy (non-hydrogen) atoms. The van der Waals surface area contributed by atoms with Crippen LogP contribution in [0.15, 0.2) is 53.7 Å². The van der Waals surface area contributed by atoms with E-state index >= 15 is 0 Å². The number of anilines is 1. The molecule has 2 saturated heterocycles. The Morgan fingerprint density at radius 1 is 1.11 bits per heavy atom. The van der Waals surface area contributed by atoms with Crippen LogP contribution >= 0.6 is 0 Å². The van der Waals surface area contributed by atoms with Crippen molar-refractivity contribution in [2.45, 2.75) is 50.6 Å². The molecule has 0 radical (unpaired) electrons. The molecule has 200 valence electrons. The number of carbonyl (C=O) groups is 1. The van der Waals surface area contributed by atoms with E-state index < -0.39 is 16.1 Å². The SMILES string of the molecule is Cc1cc2cn(CC3CNC3)nc2cc1NC(=O)C(C)n1ccc2cc(S(=O)(=O)N3CCCCC3)ccc21. The van der Waals surface area contributed by atoms with Gasteiger partial charge in [-0.05, 0) is 68.7 Å². The summed E-state index contributed by atoms with van der Waals surface area (Å²) in [6.45, 7) is 7.92. The number of aromatic nitrogens is 3. The molecule has 2 aliphatic heterocycles. The summed E-state index contributed by atoms with van der Waals surface area (Å²) in [5, 5.41) is 13.0. The molecule has 1 atom stereocenters. The number of benzene rings is 2. The van der Waals surface area contributed by atoms with Crippen LogP contribution in [0.4, 0.5) is 5.69 Å². The summed E-state index contributed by atoms with van der Waals surface area (Å²) >= 11 is 0. The van der Waals surface area contributed by atoms with Gasteiger partial charge in [-0.15, -0.1) is 0 Å². The standard InChI is InChI=1S/C28H34N6O3S/c1-19-12-23-18-32(17-21-15-29-16-21)31-26(23)14-25(19)30-28(35)20(2)34-11-8-22-13-24(6-7-27(22)34)38(36,37)33-9-4-3-5-10-33/h6-8,11-14,18,20-21,29H,3-5,9-10,15-17H2,1-2H3,(H,30,35). The van der Waals surface area contributed by atoms with Gasteiger partial charge in [-0.3, -0.25) is 9.48 Å². The van der Waals surface area contributed by atoms with Gasteiger partial charge in [0.15, 0.2) is 0 Å². The third kappa shape index (κ3) is 4.61. The van der Waals surface area contributed by atoms with Crippen molar-refractivity contribution in [1.82, 2.24) is 24.0 Å². The molecule has 0 aliphatic carbocycles. The lowest BCUT2D eigenvalue weighted by atomic mass is 10.0. The first kappa shape index (κ1) is 25.1. The Kier molecular flexibility index (Phi) is 6.49. The number of hydrogen-bond acceptors (Lipinski definition) is 5. The Hall–Kier alpha value is -3.21. The quantitative estimate of drug-likeness (QED) is 0.375. The molecule has 4 heterocycles. The first-order valence-electron chi connectivity index (χ1n) is 13.4. The topological polar surface area (TPSA) is 101 Å². The monoisotopic (exact) mass is 534 g/mol. The summed E-state index contributed by atoms with van der Waals surface area (Å²) in [6.07, 6.45) is 6.79. The van der Waals surface area contributed by atoms with Crippen molar-refractivity contribution in [3.63, 3.8) is 0 Å². The minimum absolute atomic E-state index is 0.144. The summed E-state index contributed by atoms with van der Waals surface area (Å²) in [5.41, 5.74) is 3.41.